The average molecular weight is 182 g/mol. The molecule has 1 fully saturated rings. The summed E-state index contributed by atoms with van der Waals surface area (Å²) >= 11 is 0. The zero-order valence-electron chi connectivity index (χ0n) is 6.91. The van der Waals surface area contributed by atoms with E-state index in [9.17, 15) is 13.2 Å². The van der Waals surface area contributed by atoms with Crippen LogP contribution in [0.2, 0.25) is 0 Å². The van der Waals surface area contributed by atoms with Crippen molar-refractivity contribution in [3.63, 3.8) is 0 Å². The van der Waals surface area contributed by atoms with Gasteiger partial charge in [0.15, 0.2) is 0 Å². The van der Waals surface area contributed by atoms with Gasteiger partial charge in [-0.2, -0.15) is 13.2 Å². The number of hydrogen-bond donors (Lipinski definition) is 2. The van der Waals surface area contributed by atoms with Crippen molar-refractivity contribution in [3.05, 3.63) is 0 Å². The van der Waals surface area contributed by atoms with Crippen LogP contribution in [0.1, 0.15) is 13.3 Å². The highest BCUT2D eigenvalue weighted by atomic mass is 19.4. The Balaban J connectivity index is 2.14. The fraction of sp³-hybridized carbons (Fsp3) is 1.00. The minimum Gasteiger partial charge on any atom is -0.314 e. The molecule has 1 unspecified atom stereocenters. The zero-order chi connectivity index (χ0) is 9.19. The first-order chi connectivity index (χ1) is 5.47. The first kappa shape index (κ1) is 9.80. The molecule has 1 saturated heterocycles. The second-order valence-corrected chi connectivity index (χ2v) is 3.24. The van der Waals surface area contributed by atoms with Crippen LogP contribution < -0.4 is 10.6 Å². The predicted octanol–water partition coefficient (Wildman–Crippen LogP) is 0.889. The van der Waals surface area contributed by atoms with Crippen LogP contribution in [0.3, 0.4) is 0 Å². The van der Waals surface area contributed by atoms with E-state index in [1.165, 1.54) is 0 Å². The molecule has 12 heavy (non-hydrogen) atoms. The van der Waals surface area contributed by atoms with E-state index in [2.05, 4.69) is 10.6 Å². The lowest BCUT2D eigenvalue weighted by molar-refractivity contribution is -0.139. The van der Waals surface area contributed by atoms with Gasteiger partial charge in [0, 0.05) is 25.2 Å². The van der Waals surface area contributed by atoms with Gasteiger partial charge in [0.05, 0.1) is 6.42 Å². The third kappa shape index (κ3) is 3.40. The van der Waals surface area contributed by atoms with E-state index in [1.54, 1.807) is 6.92 Å². The third-order valence-electron chi connectivity index (χ3n) is 1.84. The quantitative estimate of drug-likeness (QED) is 0.677. The summed E-state index contributed by atoms with van der Waals surface area (Å²) in [5.41, 5.74) is 0. The molecule has 0 aliphatic carbocycles. The maximum absolute atomic E-state index is 11.8. The normalized spacial score (nSPS) is 22.0. The van der Waals surface area contributed by atoms with E-state index in [4.69, 9.17) is 0 Å². The molecule has 1 aliphatic heterocycles. The molecule has 5 heteroatoms. The summed E-state index contributed by atoms with van der Waals surface area (Å²) in [6.07, 6.45) is -4.80. The molecular weight excluding hydrogens is 169 g/mol. The lowest BCUT2D eigenvalue weighted by atomic mass is 10.1. The average Bonchev–Trinajstić information content (AvgIpc) is 1.74. The predicted molar refractivity (Wildman–Crippen MR) is 39.9 cm³/mol. The monoisotopic (exact) mass is 182 g/mol. The van der Waals surface area contributed by atoms with Gasteiger partial charge in [-0.05, 0) is 6.92 Å². The Morgan fingerprint density at radius 2 is 2.08 bits per heavy atom. The van der Waals surface area contributed by atoms with Crippen LogP contribution in [-0.4, -0.2) is 31.3 Å². The summed E-state index contributed by atoms with van der Waals surface area (Å²) in [4.78, 5) is 0. The molecule has 1 heterocycles. The van der Waals surface area contributed by atoms with Gasteiger partial charge < -0.3 is 10.6 Å². The van der Waals surface area contributed by atoms with Gasteiger partial charge in [0.2, 0.25) is 0 Å². The van der Waals surface area contributed by atoms with E-state index in [0.717, 1.165) is 13.1 Å². The van der Waals surface area contributed by atoms with E-state index in [1.807, 2.05) is 0 Å². The maximum Gasteiger partial charge on any atom is 0.390 e. The highest BCUT2D eigenvalue weighted by Crippen LogP contribution is 2.21. The van der Waals surface area contributed by atoms with Crippen molar-refractivity contribution in [2.45, 2.75) is 31.6 Å². The molecule has 0 bridgehead atoms. The Kier molecular flexibility index (Phi) is 2.95. The second kappa shape index (κ2) is 3.62. The second-order valence-electron chi connectivity index (χ2n) is 3.24. The van der Waals surface area contributed by atoms with E-state index < -0.39 is 18.6 Å². The topological polar surface area (TPSA) is 24.1 Å². The van der Waals surface area contributed by atoms with Gasteiger partial charge in [-0.3, -0.25) is 0 Å². The van der Waals surface area contributed by atoms with Crippen molar-refractivity contribution in [3.8, 4) is 0 Å². The van der Waals surface area contributed by atoms with Gasteiger partial charge in [0.1, 0.15) is 0 Å². The van der Waals surface area contributed by atoms with Crippen LogP contribution >= 0.6 is 0 Å². The number of halogens is 3. The lowest BCUT2D eigenvalue weighted by Crippen LogP contribution is -2.57. The first-order valence-corrected chi connectivity index (χ1v) is 4.01. The van der Waals surface area contributed by atoms with Crippen LogP contribution in [-0.2, 0) is 0 Å². The molecule has 0 aromatic heterocycles. The first-order valence-electron chi connectivity index (χ1n) is 4.01. The molecular formula is C7H13F3N2. The molecule has 2 nitrogen and oxygen atoms in total. The Morgan fingerprint density at radius 3 is 2.42 bits per heavy atom. The van der Waals surface area contributed by atoms with Gasteiger partial charge in [-0.25, -0.2) is 0 Å². The molecule has 1 atom stereocenters. The summed E-state index contributed by atoms with van der Waals surface area (Å²) < 4.78 is 35.5. The lowest BCUT2D eigenvalue weighted by Gasteiger charge is -2.31. The van der Waals surface area contributed by atoms with E-state index >= 15 is 0 Å². The third-order valence-corrected chi connectivity index (χ3v) is 1.84. The standard InChI is InChI=1S/C7H13F3N2/c1-5(2-7(8,9)10)12-6-3-11-4-6/h5-6,11-12H,2-4H2,1H3. The number of hydrogen-bond acceptors (Lipinski definition) is 2. The number of nitrogens with one attached hydrogen (secondary N) is 2. The van der Waals surface area contributed by atoms with Crippen molar-refractivity contribution >= 4 is 0 Å². The highest BCUT2D eigenvalue weighted by molar-refractivity contribution is 4.84. The smallest absolute Gasteiger partial charge is 0.314 e. The number of alkyl halides is 3. The summed E-state index contributed by atoms with van der Waals surface area (Å²) in [5.74, 6) is 0. The molecule has 0 aromatic carbocycles. The SMILES string of the molecule is CC(CC(F)(F)F)NC1CNC1. The summed E-state index contributed by atoms with van der Waals surface area (Å²) in [6, 6.07) is -0.251. The minimum atomic E-state index is -4.05. The molecule has 0 saturated carbocycles. The van der Waals surface area contributed by atoms with E-state index in [0.29, 0.717) is 0 Å². The summed E-state index contributed by atoms with van der Waals surface area (Å²) in [5, 5.41) is 5.88. The van der Waals surface area contributed by atoms with E-state index in [-0.39, 0.29) is 6.04 Å². The fourth-order valence-electron chi connectivity index (χ4n) is 1.22. The largest absolute Gasteiger partial charge is 0.390 e. The van der Waals surface area contributed by atoms with Crippen LogP contribution in [0.4, 0.5) is 13.2 Å². The minimum absolute atomic E-state index is 0.224. The van der Waals surface area contributed by atoms with Crippen LogP contribution in [0.25, 0.3) is 0 Å². The molecule has 0 spiro atoms. The molecule has 72 valence electrons. The summed E-state index contributed by atoms with van der Waals surface area (Å²) in [7, 11) is 0. The van der Waals surface area contributed by atoms with Crippen LogP contribution in [0, 0.1) is 0 Å². The highest BCUT2D eigenvalue weighted by Gasteiger charge is 2.31. The zero-order valence-corrected chi connectivity index (χ0v) is 6.91. The van der Waals surface area contributed by atoms with Crippen molar-refractivity contribution in [2.75, 3.05) is 13.1 Å². The molecule has 0 aromatic rings. The van der Waals surface area contributed by atoms with Gasteiger partial charge in [0.25, 0.3) is 0 Å². The van der Waals surface area contributed by atoms with Crippen molar-refractivity contribution in [1.29, 1.82) is 0 Å². The number of rotatable bonds is 3. The Hall–Kier alpha value is -0.290. The fourth-order valence-corrected chi connectivity index (χ4v) is 1.22. The van der Waals surface area contributed by atoms with Gasteiger partial charge >= 0.3 is 6.18 Å². The molecule has 0 radical (unpaired) electrons. The summed E-state index contributed by atoms with van der Waals surface area (Å²) in [6.45, 7) is 3.12. The molecule has 1 rings (SSSR count). The van der Waals surface area contributed by atoms with Crippen molar-refractivity contribution in [1.82, 2.24) is 10.6 Å². The maximum atomic E-state index is 11.8. The molecule has 2 N–H and O–H groups in total. The van der Waals surface area contributed by atoms with Crippen molar-refractivity contribution in [2.24, 2.45) is 0 Å². The Labute approximate surface area is 69.5 Å². The Morgan fingerprint density at radius 1 is 1.50 bits per heavy atom. The van der Waals surface area contributed by atoms with Gasteiger partial charge in [-0.1, -0.05) is 0 Å². The van der Waals surface area contributed by atoms with Crippen LogP contribution in [0.15, 0.2) is 0 Å². The molecule has 1 aliphatic rings. The van der Waals surface area contributed by atoms with Crippen LogP contribution in [0.5, 0.6) is 0 Å². The Bertz CT molecular complexity index is 142. The van der Waals surface area contributed by atoms with Crippen molar-refractivity contribution < 1.29 is 13.2 Å². The van der Waals surface area contributed by atoms with Gasteiger partial charge in [-0.15, -0.1) is 0 Å². The molecule has 0 amide bonds.